The predicted molar refractivity (Wildman–Crippen MR) is 90.9 cm³/mol. The zero-order chi connectivity index (χ0) is 15.1. The molecule has 1 N–H and O–H groups in total. The molecule has 1 saturated heterocycles. The molecule has 2 rings (SSSR count). The van der Waals surface area contributed by atoms with Crippen LogP contribution in [-0.2, 0) is 17.9 Å². The van der Waals surface area contributed by atoms with Gasteiger partial charge in [-0.3, -0.25) is 0 Å². The molecular weight excluding hydrogens is 280 g/mol. The molecule has 0 spiro atoms. The number of rotatable bonds is 7. The summed E-state index contributed by atoms with van der Waals surface area (Å²) in [7, 11) is 0. The van der Waals surface area contributed by atoms with E-state index in [1.165, 1.54) is 42.1 Å². The Bertz CT molecular complexity index is 405. The molecule has 0 bridgehead atoms. The number of hydrogen-bond acceptors (Lipinski definition) is 4. The van der Waals surface area contributed by atoms with Crippen LogP contribution in [0, 0.1) is 0 Å². The average molecular weight is 311 g/mol. The van der Waals surface area contributed by atoms with Gasteiger partial charge in [-0.25, -0.2) is 0 Å². The highest BCUT2D eigenvalue weighted by Gasteiger charge is 2.10. The first kappa shape index (κ1) is 16.9. The lowest BCUT2D eigenvalue weighted by atomic mass is 10.1. The van der Waals surface area contributed by atoms with Crippen LogP contribution in [0.15, 0.2) is 12.1 Å². The van der Waals surface area contributed by atoms with Crippen LogP contribution in [0.25, 0.3) is 0 Å². The van der Waals surface area contributed by atoms with E-state index >= 15 is 0 Å². The fourth-order valence-corrected chi connectivity index (χ4v) is 3.39. The SMILES string of the molecule is CC(C)(C)NCc1ccc(COCCN2CCCCC2)s1. The summed E-state index contributed by atoms with van der Waals surface area (Å²) in [6.07, 6.45) is 4.11. The van der Waals surface area contributed by atoms with E-state index in [-0.39, 0.29) is 5.54 Å². The summed E-state index contributed by atoms with van der Waals surface area (Å²) in [6, 6.07) is 4.41. The lowest BCUT2D eigenvalue weighted by molar-refractivity contribution is 0.0878. The average Bonchev–Trinajstić information content (AvgIpc) is 2.90. The van der Waals surface area contributed by atoms with Crippen LogP contribution in [0.1, 0.15) is 49.8 Å². The second-order valence-electron chi connectivity index (χ2n) is 6.93. The van der Waals surface area contributed by atoms with E-state index in [1.807, 2.05) is 11.3 Å². The number of likely N-dealkylation sites (tertiary alicyclic amines) is 1. The van der Waals surface area contributed by atoms with Crippen molar-refractivity contribution in [1.29, 1.82) is 0 Å². The van der Waals surface area contributed by atoms with Gasteiger partial charge in [-0.2, -0.15) is 0 Å². The number of ether oxygens (including phenoxy) is 1. The fourth-order valence-electron chi connectivity index (χ4n) is 2.50. The summed E-state index contributed by atoms with van der Waals surface area (Å²) in [6.45, 7) is 12.8. The van der Waals surface area contributed by atoms with Crippen LogP contribution in [0.2, 0.25) is 0 Å². The number of hydrogen-bond donors (Lipinski definition) is 1. The minimum absolute atomic E-state index is 0.176. The van der Waals surface area contributed by atoms with Crippen LogP contribution in [0.3, 0.4) is 0 Å². The third kappa shape index (κ3) is 6.92. The second-order valence-corrected chi connectivity index (χ2v) is 8.18. The van der Waals surface area contributed by atoms with Crippen molar-refractivity contribution in [3.63, 3.8) is 0 Å². The minimum Gasteiger partial charge on any atom is -0.375 e. The van der Waals surface area contributed by atoms with Crippen molar-refractivity contribution in [2.75, 3.05) is 26.2 Å². The van der Waals surface area contributed by atoms with E-state index in [2.05, 4.69) is 43.1 Å². The third-order valence-corrected chi connectivity index (χ3v) is 4.81. The van der Waals surface area contributed by atoms with Crippen molar-refractivity contribution in [3.8, 4) is 0 Å². The van der Waals surface area contributed by atoms with E-state index in [9.17, 15) is 0 Å². The molecule has 0 radical (unpaired) electrons. The summed E-state index contributed by atoms with van der Waals surface area (Å²) < 4.78 is 5.83. The number of nitrogens with zero attached hydrogens (tertiary/aromatic N) is 1. The Morgan fingerprint density at radius 1 is 1.14 bits per heavy atom. The molecule has 120 valence electrons. The van der Waals surface area contributed by atoms with Gasteiger partial charge in [-0.1, -0.05) is 6.42 Å². The zero-order valence-corrected chi connectivity index (χ0v) is 14.6. The van der Waals surface area contributed by atoms with Crippen molar-refractivity contribution in [1.82, 2.24) is 10.2 Å². The van der Waals surface area contributed by atoms with Crippen LogP contribution in [0.4, 0.5) is 0 Å². The van der Waals surface area contributed by atoms with Crippen molar-refractivity contribution in [3.05, 3.63) is 21.9 Å². The van der Waals surface area contributed by atoms with Gasteiger partial charge >= 0.3 is 0 Å². The number of nitrogens with one attached hydrogen (secondary N) is 1. The Balaban J connectivity index is 1.61. The van der Waals surface area contributed by atoms with Gasteiger partial charge in [0.05, 0.1) is 13.2 Å². The molecule has 1 aliphatic rings. The highest BCUT2D eigenvalue weighted by atomic mass is 32.1. The van der Waals surface area contributed by atoms with Gasteiger partial charge in [-0.05, 0) is 58.8 Å². The highest BCUT2D eigenvalue weighted by Crippen LogP contribution is 2.18. The van der Waals surface area contributed by atoms with Gasteiger partial charge in [0, 0.05) is 28.4 Å². The van der Waals surface area contributed by atoms with Crippen molar-refractivity contribution in [2.24, 2.45) is 0 Å². The molecule has 1 fully saturated rings. The molecule has 1 aromatic heterocycles. The maximum atomic E-state index is 5.83. The summed E-state index contributed by atoms with van der Waals surface area (Å²) in [4.78, 5) is 5.25. The highest BCUT2D eigenvalue weighted by molar-refractivity contribution is 7.11. The first-order valence-corrected chi connectivity index (χ1v) is 8.97. The van der Waals surface area contributed by atoms with E-state index in [1.54, 1.807) is 0 Å². The Morgan fingerprint density at radius 2 is 1.86 bits per heavy atom. The van der Waals surface area contributed by atoms with Gasteiger partial charge in [-0.15, -0.1) is 11.3 Å². The van der Waals surface area contributed by atoms with E-state index < -0.39 is 0 Å². The standard InChI is InChI=1S/C17H30N2OS/c1-17(2,3)18-13-15-7-8-16(21-15)14-20-12-11-19-9-5-4-6-10-19/h7-8,18H,4-6,9-14H2,1-3H3. The van der Waals surface area contributed by atoms with E-state index in [4.69, 9.17) is 4.74 Å². The van der Waals surface area contributed by atoms with E-state index in [0.29, 0.717) is 0 Å². The van der Waals surface area contributed by atoms with Gasteiger partial charge in [0.2, 0.25) is 0 Å². The Morgan fingerprint density at radius 3 is 2.57 bits per heavy atom. The number of thiophene rings is 1. The summed E-state index contributed by atoms with van der Waals surface area (Å²) in [5.41, 5.74) is 0.176. The molecular formula is C17H30N2OS. The number of piperidine rings is 1. The van der Waals surface area contributed by atoms with Gasteiger partial charge in [0.15, 0.2) is 0 Å². The molecule has 0 amide bonds. The fraction of sp³-hybridized carbons (Fsp3) is 0.765. The molecule has 21 heavy (non-hydrogen) atoms. The van der Waals surface area contributed by atoms with Gasteiger partial charge < -0.3 is 15.0 Å². The third-order valence-electron chi connectivity index (χ3n) is 3.76. The lowest BCUT2D eigenvalue weighted by Crippen LogP contribution is -2.34. The summed E-state index contributed by atoms with van der Waals surface area (Å²) in [5, 5.41) is 3.52. The molecule has 0 aliphatic carbocycles. The lowest BCUT2D eigenvalue weighted by Gasteiger charge is -2.26. The molecule has 1 aliphatic heterocycles. The van der Waals surface area contributed by atoms with Crippen molar-refractivity contribution in [2.45, 2.75) is 58.7 Å². The molecule has 0 atom stereocenters. The van der Waals surface area contributed by atoms with Crippen LogP contribution < -0.4 is 5.32 Å². The van der Waals surface area contributed by atoms with Crippen LogP contribution in [-0.4, -0.2) is 36.7 Å². The molecule has 0 aromatic carbocycles. The quantitative estimate of drug-likeness (QED) is 0.778. The van der Waals surface area contributed by atoms with Crippen LogP contribution >= 0.6 is 11.3 Å². The van der Waals surface area contributed by atoms with Gasteiger partial charge in [0.25, 0.3) is 0 Å². The topological polar surface area (TPSA) is 24.5 Å². The maximum Gasteiger partial charge on any atom is 0.0810 e. The monoisotopic (exact) mass is 310 g/mol. The molecule has 0 saturated carbocycles. The van der Waals surface area contributed by atoms with Gasteiger partial charge in [0.1, 0.15) is 0 Å². The van der Waals surface area contributed by atoms with E-state index in [0.717, 1.165) is 26.3 Å². The minimum atomic E-state index is 0.176. The second kappa shape index (κ2) is 8.28. The van der Waals surface area contributed by atoms with Crippen molar-refractivity contribution >= 4 is 11.3 Å². The Labute approximate surface area is 133 Å². The molecule has 0 unspecified atom stereocenters. The Hall–Kier alpha value is -0.420. The molecule has 1 aromatic rings. The summed E-state index contributed by atoms with van der Waals surface area (Å²) in [5.74, 6) is 0. The van der Waals surface area contributed by atoms with Crippen LogP contribution in [0.5, 0.6) is 0 Å². The normalized spacial score (nSPS) is 17.3. The maximum absolute atomic E-state index is 5.83. The summed E-state index contributed by atoms with van der Waals surface area (Å²) >= 11 is 1.86. The zero-order valence-electron chi connectivity index (χ0n) is 13.8. The van der Waals surface area contributed by atoms with Crippen molar-refractivity contribution < 1.29 is 4.74 Å². The molecule has 3 nitrogen and oxygen atoms in total. The smallest absolute Gasteiger partial charge is 0.0810 e. The first-order valence-electron chi connectivity index (χ1n) is 8.16. The Kier molecular flexibility index (Phi) is 6.68. The largest absolute Gasteiger partial charge is 0.375 e. The molecule has 2 heterocycles. The molecule has 4 heteroatoms. The first-order chi connectivity index (χ1) is 10.0. The predicted octanol–water partition coefficient (Wildman–Crippen LogP) is 3.64.